The standard InChI is InChI=1S/C17H19N5O2.2C3H8/c1-11-9-13-10-22(17(24)21-15(13)20-11)14-5-3-12(4-6-14)16(23)19-8-2-7-18;2*1-3-2/h3-6,9-10H,2,7-8,18H2,1H3,(H,19,23)(H,20,21,24);2*3H2,1-2H3. The summed E-state index contributed by atoms with van der Waals surface area (Å²) in [5.74, 6) is -0.155. The number of hydrogen-bond donors (Lipinski definition) is 3. The van der Waals surface area contributed by atoms with E-state index in [-0.39, 0.29) is 11.6 Å². The number of benzene rings is 1. The molecule has 1 aromatic carbocycles. The van der Waals surface area contributed by atoms with Crippen LogP contribution < -0.4 is 16.7 Å². The van der Waals surface area contributed by atoms with E-state index in [1.165, 1.54) is 17.4 Å². The summed E-state index contributed by atoms with van der Waals surface area (Å²) in [6.07, 6.45) is 4.98. The maximum Gasteiger partial charge on any atom is 0.354 e. The quantitative estimate of drug-likeness (QED) is 0.551. The van der Waals surface area contributed by atoms with Crippen molar-refractivity contribution in [3.63, 3.8) is 0 Å². The van der Waals surface area contributed by atoms with Gasteiger partial charge in [-0.25, -0.2) is 4.79 Å². The van der Waals surface area contributed by atoms with E-state index in [1.54, 1.807) is 30.5 Å². The van der Waals surface area contributed by atoms with E-state index in [0.717, 1.165) is 17.5 Å². The van der Waals surface area contributed by atoms with Gasteiger partial charge in [0.2, 0.25) is 0 Å². The number of nitrogens with two attached hydrogens (primary N) is 1. The number of hydrogen-bond acceptors (Lipinski definition) is 4. The zero-order valence-corrected chi connectivity index (χ0v) is 18.8. The second-order valence-corrected chi connectivity index (χ2v) is 7.01. The van der Waals surface area contributed by atoms with Crippen LogP contribution in [0.5, 0.6) is 0 Å². The first-order valence-electron chi connectivity index (χ1n) is 10.6. The van der Waals surface area contributed by atoms with Crippen LogP contribution in [0.3, 0.4) is 0 Å². The molecule has 2 aromatic heterocycles. The summed E-state index contributed by atoms with van der Waals surface area (Å²) >= 11 is 0. The Balaban J connectivity index is 0.000000672. The van der Waals surface area contributed by atoms with E-state index in [9.17, 15) is 9.59 Å². The molecule has 0 atom stereocenters. The first-order chi connectivity index (χ1) is 14.4. The SMILES string of the molecule is CCC.CCC.Cc1cc2cn(-c3ccc(C(=O)NCCCN)cc3)c(=O)nc2[nH]1. The molecule has 0 saturated carbocycles. The minimum atomic E-state index is -0.371. The van der Waals surface area contributed by atoms with Gasteiger partial charge in [0.15, 0.2) is 0 Å². The van der Waals surface area contributed by atoms with Gasteiger partial charge in [0, 0.05) is 29.4 Å². The topological polar surface area (TPSA) is 106 Å². The zero-order valence-electron chi connectivity index (χ0n) is 18.8. The minimum absolute atomic E-state index is 0.155. The summed E-state index contributed by atoms with van der Waals surface area (Å²) in [6.45, 7) is 11.5. The molecule has 7 heteroatoms. The summed E-state index contributed by atoms with van der Waals surface area (Å²) in [7, 11) is 0. The van der Waals surface area contributed by atoms with Crippen molar-refractivity contribution in [1.82, 2.24) is 19.9 Å². The Kier molecular flexibility index (Phi) is 11.1. The molecule has 2 heterocycles. The second kappa shape index (κ2) is 13.3. The summed E-state index contributed by atoms with van der Waals surface area (Å²) in [5, 5.41) is 3.65. The Morgan fingerprint density at radius 2 is 1.73 bits per heavy atom. The summed E-state index contributed by atoms with van der Waals surface area (Å²) in [6, 6.07) is 8.76. The third-order valence-electron chi connectivity index (χ3n) is 3.72. The van der Waals surface area contributed by atoms with Crippen LogP contribution in [0, 0.1) is 6.92 Å². The normalized spacial score (nSPS) is 9.93. The van der Waals surface area contributed by atoms with Gasteiger partial charge < -0.3 is 16.0 Å². The largest absolute Gasteiger partial charge is 0.354 e. The Morgan fingerprint density at radius 1 is 1.13 bits per heavy atom. The van der Waals surface area contributed by atoms with Gasteiger partial charge >= 0.3 is 5.69 Å². The van der Waals surface area contributed by atoms with Crippen LogP contribution in [0.4, 0.5) is 0 Å². The Morgan fingerprint density at radius 3 is 2.30 bits per heavy atom. The molecule has 0 radical (unpaired) electrons. The molecule has 4 N–H and O–H groups in total. The van der Waals surface area contributed by atoms with Crippen LogP contribution >= 0.6 is 0 Å². The molecule has 3 aromatic rings. The maximum atomic E-state index is 12.2. The lowest BCUT2D eigenvalue weighted by molar-refractivity contribution is 0.0953. The molecule has 3 rings (SSSR count). The molecule has 0 bridgehead atoms. The monoisotopic (exact) mass is 413 g/mol. The predicted octanol–water partition coefficient (Wildman–Crippen LogP) is 3.93. The lowest BCUT2D eigenvalue weighted by Crippen LogP contribution is -2.26. The van der Waals surface area contributed by atoms with E-state index >= 15 is 0 Å². The number of aromatic nitrogens is 3. The van der Waals surface area contributed by atoms with Gasteiger partial charge in [-0.1, -0.05) is 40.5 Å². The smallest absolute Gasteiger partial charge is 0.352 e. The fourth-order valence-electron chi connectivity index (χ4n) is 2.50. The number of nitrogens with one attached hydrogen (secondary N) is 2. The second-order valence-electron chi connectivity index (χ2n) is 7.01. The van der Waals surface area contributed by atoms with Gasteiger partial charge in [-0.05, 0) is 50.2 Å². The molecule has 0 aliphatic carbocycles. The van der Waals surface area contributed by atoms with Gasteiger partial charge in [0.1, 0.15) is 5.65 Å². The van der Waals surface area contributed by atoms with Crippen LogP contribution in [0.2, 0.25) is 0 Å². The third-order valence-corrected chi connectivity index (χ3v) is 3.72. The highest BCUT2D eigenvalue weighted by molar-refractivity contribution is 5.94. The minimum Gasteiger partial charge on any atom is -0.352 e. The van der Waals surface area contributed by atoms with Crippen LogP contribution in [-0.4, -0.2) is 33.5 Å². The molecule has 0 unspecified atom stereocenters. The van der Waals surface area contributed by atoms with Crippen molar-refractivity contribution < 1.29 is 4.79 Å². The highest BCUT2D eigenvalue weighted by Crippen LogP contribution is 2.13. The van der Waals surface area contributed by atoms with Crippen LogP contribution in [0.1, 0.15) is 63.0 Å². The maximum absolute atomic E-state index is 12.2. The average molecular weight is 414 g/mol. The number of H-pyrrole nitrogens is 1. The van der Waals surface area contributed by atoms with E-state index in [1.807, 2.05) is 13.0 Å². The van der Waals surface area contributed by atoms with E-state index in [4.69, 9.17) is 5.73 Å². The molecular formula is C23H35N5O2. The fourth-order valence-corrected chi connectivity index (χ4v) is 2.50. The van der Waals surface area contributed by atoms with Gasteiger partial charge in [-0.3, -0.25) is 9.36 Å². The number of aromatic amines is 1. The zero-order chi connectivity index (χ0) is 22.5. The number of fused-ring (bicyclic) bond motifs is 1. The molecule has 1 amide bonds. The number of aryl methyl sites for hydroxylation is 1. The van der Waals surface area contributed by atoms with Crippen LogP contribution in [-0.2, 0) is 0 Å². The molecule has 30 heavy (non-hydrogen) atoms. The molecule has 0 spiro atoms. The number of carbonyl (C=O) groups excluding carboxylic acids is 1. The Bertz CT molecular complexity index is 956. The molecular weight excluding hydrogens is 378 g/mol. The summed E-state index contributed by atoms with van der Waals surface area (Å²) in [5.41, 5.74) is 7.74. The number of rotatable bonds is 5. The van der Waals surface area contributed by atoms with Crippen molar-refractivity contribution in [3.8, 4) is 5.69 Å². The molecule has 0 fully saturated rings. The predicted molar refractivity (Wildman–Crippen MR) is 124 cm³/mol. The molecule has 7 nitrogen and oxygen atoms in total. The fraction of sp³-hybridized carbons (Fsp3) is 0.435. The third kappa shape index (κ3) is 7.48. The lowest BCUT2D eigenvalue weighted by Gasteiger charge is -2.07. The average Bonchev–Trinajstić information content (AvgIpc) is 3.07. The van der Waals surface area contributed by atoms with Gasteiger partial charge in [0.05, 0.1) is 5.69 Å². The number of amides is 1. The van der Waals surface area contributed by atoms with Crippen molar-refractivity contribution >= 4 is 16.9 Å². The van der Waals surface area contributed by atoms with Gasteiger partial charge in [-0.2, -0.15) is 4.98 Å². The lowest BCUT2D eigenvalue weighted by atomic mass is 10.2. The van der Waals surface area contributed by atoms with Crippen molar-refractivity contribution in [1.29, 1.82) is 0 Å². The first-order valence-corrected chi connectivity index (χ1v) is 10.6. The number of carbonyl (C=O) groups is 1. The molecule has 0 aliphatic heterocycles. The highest BCUT2D eigenvalue weighted by Gasteiger charge is 2.08. The van der Waals surface area contributed by atoms with Crippen molar-refractivity contribution in [2.75, 3.05) is 13.1 Å². The van der Waals surface area contributed by atoms with Crippen molar-refractivity contribution in [3.05, 3.63) is 58.3 Å². The Labute approximate surface area is 178 Å². The number of nitrogens with zero attached hydrogens (tertiary/aromatic N) is 2. The molecule has 0 aliphatic rings. The first kappa shape index (κ1) is 25.1. The van der Waals surface area contributed by atoms with Gasteiger partial charge in [0.25, 0.3) is 5.91 Å². The van der Waals surface area contributed by atoms with Gasteiger partial charge in [-0.15, -0.1) is 0 Å². The van der Waals surface area contributed by atoms with Crippen LogP contribution in [0.15, 0.2) is 41.3 Å². The Hall–Kier alpha value is -2.93. The molecule has 164 valence electrons. The van der Waals surface area contributed by atoms with E-state index in [2.05, 4.69) is 43.0 Å². The van der Waals surface area contributed by atoms with Crippen molar-refractivity contribution in [2.45, 2.75) is 53.9 Å². The van der Waals surface area contributed by atoms with E-state index in [0.29, 0.717) is 30.0 Å². The molecule has 0 saturated heterocycles. The summed E-state index contributed by atoms with van der Waals surface area (Å²) in [4.78, 5) is 31.2. The van der Waals surface area contributed by atoms with E-state index < -0.39 is 0 Å². The van der Waals surface area contributed by atoms with Crippen molar-refractivity contribution in [2.24, 2.45) is 5.73 Å². The summed E-state index contributed by atoms with van der Waals surface area (Å²) < 4.78 is 1.46. The highest BCUT2D eigenvalue weighted by atomic mass is 16.2. The van der Waals surface area contributed by atoms with Crippen LogP contribution in [0.25, 0.3) is 16.7 Å².